The molecule has 1 aromatic carbocycles. The van der Waals surface area contributed by atoms with Crippen LogP contribution in [-0.2, 0) is 9.53 Å². The van der Waals surface area contributed by atoms with E-state index in [1.54, 1.807) is 36.9 Å². The number of carbonyl (C=O) groups is 2. The molecule has 0 saturated carbocycles. The van der Waals surface area contributed by atoms with Gasteiger partial charge in [-0.1, -0.05) is 34.4 Å². The molecule has 0 N–H and O–H groups in total. The molecule has 144 valence electrons. The standard InChI is InChI=1S/C19H20Cl2N2O4/c1-3-26-19(25)12-6-5-9-23(10-12)18(24)15-11(2)27-22-17(15)16-13(20)7-4-8-14(16)21/h4,7-8,12H,3,5-6,9-10H2,1-2H3/t12-/m1/s1. The lowest BCUT2D eigenvalue weighted by molar-refractivity contribution is -0.149. The Balaban J connectivity index is 1.92. The number of nitrogens with zero attached hydrogens (tertiary/aromatic N) is 2. The maximum Gasteiger partial charge on any atom is 0.310 e. The first-order chi connectivity index (χ1) is 12.9. The van der Waals surface area contributed by atoms with Crippen LogP contribution in [0.3, 0.4) is 0 Å². The minimum atomic E-state index is -0.324. The van der Waals surface area contributed by atoms with Crippen molar-refractivity contribution in [1.82, 2.24) is 10.1 Å². The summed E-state index contributed by atoms with van der Waals surface area (Å²) in [5.74, 6) is -0.473. The van der Waals surface area contributed by atoms with Crippen molar-refractivity contribution in [2.75, 3.05) is 19.7 Å². The minimum absolute atomic E-state index is 0.256. The highest BCUT2D eigenvalue weighted by molar-refractivity contribution is 6.39. The van der Waals surface area contributed by atoms with Crippen molar-refractivity contribution in [3.63, 3.8) is 0 Å². The van der Waals surface area contributed by atoms with Crippen molar-refractivity contribution in [2.45, 2.75) is 26.7 Å². The highest BCUT2D eigenvalue weighted by Gasteiger charge is 2.33. The molecule has 27 heavy (non-hydrogen) atoms. The number of piperidine rings is 1. The highest BCUT2D eigenvalue weighted by atomic mass is 35.5. The molecule has 1 atom stereocenters. The largest absolute Gasteiger partial charge is 0.466 e. The fourth-order valence-corrected chi connectivity index (χ4v) is 3.87. The summed E-state index contributed by atoms with van der Waals surface area (Å²) in [6, 6.07) is 5.08. The van der Waals surface area contributed by atoms with E-state index >= 15 is 0 Å². The first-order valence-electron chi connectivity index (χ1n) is 8.80. The molecule has 0 aliphatic carbocycles. The monoisotopic (exact) mass is 410 g/mol. The summed E-state index contributed by atoms with van der Waals surface area (Å²) >= 11 is 12.6. The number of ether oxygens (including phenoxy) is 1. The number of hydrogen-bond acceptors (Lipinski definition) is 5. The van der Waals surface area contributed by atoms with Gasteiger partial charge in [-0.25, -0.2) is 0 Å². The molecule has 1 saturated heterocycles. The zero-order valence-electron chi connectivity index (χ0n) is 15.1. The SMILES string of the molecule is CCOC(=O)[C@@H]1CCCN(C(=O)c2c(-c3c(Cl)cccc3Cl)noc2C)C1. The van der Waals surface area contributed by atoms with E-state index < -0.39 is 0 Å². The molecule has 2 aromatic rings. The van der Waals surface area contributed by atoms with E-state index in [2.05, 4.69) is 5.16 Å². The number of aryl methyl sites for hydroxylation is 1. The zero-order valence-corrected chi connectivity index (χ0v) is 16.6. The Morgan fingerprint density at radius 3 is 2.70 bits per heavy atom. The summed E-state index contributed by atoms with van der Waals surface area (Å²) in [5, 5.41) is 4.79. The summed E-state index contributed by atoms with van der Waals surface area (Å²) in [5.41, 5.74) is 1.08. The predicted octanol–water partition coefficient (Wildman–Crippen LogP) is 4.37. The second-order valence-corrected chi connectivity index (χ2v) is 7.22. The topological polar surface area (TPSA) is 72.6 Å². The lowest BCUT2D eigenvalue weighted by Crippen LogP contribution is -2.43. The molecule has 1 aliphatic rings. The number of hydrogen-bond donors (Lipinski definition) is 0. The average molecular weight is 411 g/mol. The van der Waals surface area contributed by atoms with Gasteiger partial charge in [-0.05, 0) is 38.8 Å². The Labute approximate surface area is 167 Å². The molecule has 1 fully saturated rings. The normalized spacial score (nSPS) is 17.0. The number of rotatable bonds is 4. The fraction of sp³-hybridized carbons (Fsp3) is 0.421. The van der Waals surface area contributed by atoms with Crippen molar-refractivity contribution in [3.05, 3.63) is 39.6 Å². The molecule has 1 amide bonds. The van der Waals surface area contributed by atoms with Crippen LogP contribution in [0.2, 0.25) is 10.0 Å². The van der Waals surface area contributed by atoms with Crippen LogP contribution in [0.4, 0.5) is 0 Å². The van der Waals surface area contributed by atoms with Gasteiger partial charge in [0.15, 0.2) is 0 Å². The van der Waals surface area contributed by atoms with Gasteiger partial charge in [0.05, 0.1) is 22.6 Å². The minimum Gasteiger partial charge on any atom is -0.466 e. The van der Waals surface area contributed by atoms with Crippen LogP contribution in [0.1, 0.15) is 35.9 Å². The van der Waals surface area contributed by atoms with Crippen molar-refractivity contribution < 1.29 is 18.8 Å². The van der Waals surface area contributed by atoms with Crippen molar-refractivity contribution in [2.24, 2.45) is 5.92 Å². The molecular formula is C19H20Cl2N2O4. The molecule has 8 heteroatoms. The van der Waals surface area contributed by atoms with Crippen LogP contribution in [0.5, 0.6) is 0 Å². The van der Waals surface area contributed by atoms with E-state index in [0.29, 0.717) is 58.7 Å². The maximum atomic E-state index is 13.2. The highest BCUT2D eigenvalue weighted by Crippen LogP contribution is 2.37. The molecule has 2 heterocycles. The summed E-state index contributed by atoms with van der Waals surface area (Å²) in [7, 11) is 0. The molecule has 1 aliphatic heterocycles. The Kier molecular flexibility index (Phi) is 6.07. The zero-order chi connectivity index (χ0) is 19.6. The van der Waals surface area contributed by atoms with Crippen molar-refractivity contribution in [3.8, 4) is 11.3 Å². The smallest absolute Gasteiger partial charge is 0.310 e. The van der Waals surface area contributed by atoms with E-state index in [9.17, 15) is 9.59 Å². The Bertz CT molecular complexity index is 845. The van der Waals surface area contributed by atoms with E-state index in [-0.39, 0.29) is 17.8 Å². The summed E-state index contributed by atoms with van der Waals surface area (Å²) in [6.07, 6.45) is 1.43. The summed E-state index contributed by atoms with van der Waals surface area (Å²) in [6.45, 7) is 4.61. The average Bonchev–Trinajstić information content (AvgIpc) is 3.02. The molecule has 0 radical (unpaired) electrons. The van der Waals surface area contributed by atoms with Gasteiger partial charge in [-0.2, -0.15) is 0 Å². The number of amides is 1. The van der Waals surface area contributed by atoms with Crippen LogP contribution in [0.25, 0.3) is 11.3 Å². The third-order valence-electron chi connectivity index (χ3n) is 4.60. The van der Waals surface area contributed by atoms with Gasteiger partial charge in [0.2, 0.25) is 0 Å². The quantitative estimate of drug-likeness (QED) is 0.699. The Morgan fingerprint density at radius 1 is 1.33 bits per heavy atom. The second-order valence-electron chi connectivity index (χ2n) is 6.40. The van der Waals surface area contributed by atoms with Gasteiger partial charge in [0, 0.05) is 18.7 Å². The van der Waals surface area contributed by atoms with Gasteiger partial charge < -0.3 is 14.2 Å². The van der Waals surface area contributed by atoms with E-state index in [0.717, 1.165) is 6.42 Å². The van der Waals surface area contributed by atoms with Gasteiger partial charge in [-0.15, -0.1) is 0 Å². The van der Waals surface area contributed by atoms with Crippen LogP contribution in [-0.4, -0.2) is 41.6 Å². The molecular weight excluding hydrogens is 391 g/mol. The predicted molar refractivity (Wildman–Crippen MR) is 102 cm³/mol. The lowest BCUT2D eigenvalue weighted by atomic mass is 9.96. The molecule has 0 bridgehead atoms. The van der Waals surface area contributed by atoms with E-state index in [4.69, 9.17) is 32.5 Å². The van der Waals surface area contributed by atoms with Crippen LogP contribution < -0.4 is 0 Å². The van der Waals surface area contributed by atoms with E-state index in [1.165, 1.54) is 0 Å². The summed E-state index contributed by atoms with van der Waals surface area (Å²) in [4.78, 5) is 26.9. The Morgan fingerprint density at radius 2 is 2.04 bits per heavy atom. The molecule has 6 nitrogen and oxygen atoms in total. The van der Waals surface area contributed by atoms with Crippen molar-refractivity contribution >= 4 is 35.1 Å². The van der Waals surface area contributed by atoms with Gasteiger partial charge >= 0.3 is 5.97 Å². The third kappa shape index (κ3) is 3.96. The number of esters is 1. The second kappa shape index (κ2) is 8.31. The van der Waals surface area contributed by atoms with Gasteiger partial charge in [0.25, 0.3) is 5.91 Å². The fourth-order valence-electron chi connectivity index (χ4n) is 3.29. The number of likely N-dealkylation sites (tertiary alicyclic amines) is 1. The first-order valence-corrected chi connectivity index (χ1v) is 9.56. The van der Waals surface area contributed by atoms with Gasteiger partial charge in [-0.3, -0.25) is 9.59 Å². The number of benzene rings is 1. The molecule has 0 spiro atoms. The van der Waals surface area contributed by atoms with Gasteiger partial charge in [0.1, 0.15) is 17.0 Å². The number of aromatic nitrogens is 1. The molecule has 1 aromatic heterocycles. The molecule has 0 unspecified atom stereocenters. The maximum absolute atomic E-state index is 13.2. The van der Waals surface area contributed by atoms with E-state index in [1.807, 2.05) is 0 Å². The lowest BCUT2D eigenvalue weighted by Gasteiger charge is -2.31. The Hall–Kier alpha value is -2.05. The third-order valence-corrected chi connectivity index (χ3v) is 5.23. The first kappa shape index (κ1) is 19.7. The number of carbonyl (C=O) groups excluding carboxylic acids is 2. The number of halogens is 2. The van der Waals surface area contributed by atoms with Crippen LogP contribution in [0.15, 0.2) is 22.7 Å². The summed E-state index contributed by atoms with van der Waals surface area (Å²) < 4.78 is 10.4. The molecule has 3 rings (SSSR count). The van der Waals surface area contributed by atoms with Crippen LogP contribution in [0, 0.1) is 12.8 Å². The van der Waals surface area contributed by atoms with Crippen molar-refractivity contribution in [1.29, 1.82) is 0 Å². The van der Waals surface area contributed by atoms with Crippen LogP contribution >= 0.6 is 23.2 Å².